The Morgan fingerprint density at radius 3 is 2.95 bits per heavy atom. The second kappa shape index (κ2) is 6.61. The topological polar surface area (TPSA) is 79.4 Å². The molecule has 1 heterocycles. The molecule has 0 bridgehead atoms. The number of methoxy groups -OCH3 is 1. The third kappa shape index (κ3) is 3.35. The van der Waals surface area contributed by atoms with Gasteiger partial charge in [-0.05, 0) is 17.7 Å². The number of nitrogens with zero attached hydrogens (tertiary/aromatic N) is 3. The van der Waals surface area contributed by atoms with Crippen molar-refractivity contribution in [3.05, 3.63) is 45.3 Å². The normalized spacial score (nSPS) is 22.1. The summed E-state index contributed by atoms with van der Waals surface area (Å²) in [4.78, 5) is 12.9. The summed E-state index contributed by atoms with van der Waals surface area (Å²) in [5.74, 6) is -0.947. The van der Waals surface area contributed by atoms with Gasteiger partial charge >= 0.3 is 0 Å². The molecule has 0 aromatic heterocycles. The molecule has 0 amide bonds. The van der Waals surface area contributed by atoms with E-state index in [0.717, 1.165) is 0 Å². The zero-order chi connectivity index (χ0) is 15.4. The molecule has 0 aliphatic carbocycles. The second-order valence-corrected chi connectivity index (χ2v) is 5.06. The zero-order valence-electron chi connectivity index (χ0n) is 11.7. The van der Waals surface area contributed by atoms with Crippen LogP contribution in [-0.4, -0.2) is 49.2 Å². The van der Waals surface area contributed by atoms with E-state index >= 15 is 0 Å². The van der Waals surface area contributed by atoms with Crippen molar-refractivity contribution in [3.63, 3.8) is 0 Å². The van der Waals surface area contributed by atoms with Gasteiger partial charge in [0.25, 0.3) is 0 Å². The van der Waals surface area contributed by atoms with Crippen molar-refractivity contribution in [2.75, 3.05) is 33.4 Å². The molecule has 1 aliphatic heterocycles. The molecular formula is C14H16FN3O3. The molecule has 1 saturated heterocycles. The highest BCUT2D eigenvalue weighted by Gasteiger charge is 2.41. The summed E-state index contributed by atoms with van der Waals surface area (Å²) >= 11 is 0. The van der Waals surface area contributed by atoms with Crippen LogP contribution >= 0.6 is 0 Å². The quantitative estimate of drug-likeness (QED) is 0.605. The number of rotatable bonds is 5. The number of hydrogen-bond acceptors (Lipinski definition) is 5. The summed E-state index contributed by atoms with van der Waals surface area (Å²) in [5.41, 5.74) is 0.555. The highest BCUT2D eigenvalue weighted by Crippen LogP contribution is 2.30. The van der Waals surface area contributed by atoms with E-state index < -0.39 is 11.9 Å². The smallest absolute Gasteiger partial charge is 0.233 e. The third-order valence-electron chi connectivity index (χ3n) is 3.79. The van der Waals surface area contributed by atoms with Crippen LogP contribution in [0.4, 0.5) is 4.39 Å². The van der Waals surface area contributed by atoms with Gasteiger partial charge in [-0.25, -0.2) is 4.39 Å². The summed E-state index contributed by atoms with van der Waals surface area (Å²) < 4.78 is 18.4. The van der Waals surface area contributed by atoms with Gasteiger partial charge in [0.2, 0.25) is 6.04 Å². The van der Waals surface area contributed by atoms with E-state index in [1.165, 1.54) is 18.2 Å². The van der Waals surface area contributed by atoms with Gasteiger partial charge in [-0.15, -0.1) is 0 Å². The van der Waals surface area contributed by atoms with E-state index in [4.69, 9.17) is 10.00 Å². The van der Waals surface area contributed by atoms with Crippen LogP contribution in [0, 0.1) is 27.3 Å². The van der Waals surface area contributed by atoms with E-state index in [9.17, 15) is 14.5 Å². The van der Waals surface area contributed by atoms with Crippen molar-refractivity contribution in [3.8, 4) is 6.07 Å². The van der Waals surface area contributed by atoms with Crippen LogP contribution in [-0.2, 0) is 4.74 Å². The first-order valence-electron chi connectivity index (χ1n) is 6.61. The molecule has 21 heavy (non-hydrogen) atoms. The standard InChI is InChI=1S/C14H16FN3O3/c1-21-5-4-17-8-12(14(9-17)18(19)20)10-2-3-13(15)11(6-10)7-16/h2-3,6,12,14H,4-5,8-9H2,1H3/t12-,14+/m1/s1. The lowest BCUT2D eigenvalue weighted by Crippen LogP contribution is -2.29. The molecule has 0 saturated carbocycles. The van der Waals surface area contributed by atoms with Crippen LogP contribution in [0.2, 0.25) is 0 Å². The van der Waals surface area contributed by atoms with Crippen molar-refractivity contribution >= 4 is 0 Å². The molecule has 112 valence electrons. The first-order valence-corrected chi connectivity index (χ1v) is 6.61. The molecular weight excluding hydrogens is 277 g/mol. The molecule has 1 aliphatic rings. The van der Waals surface area contributed by atoms with Gasteiger partial charge < -0.3 is 4.74 Å². The lowest BCUT2D eigenvalue weighted by atomic mass is 9.93. The Hall–Kier alpha value is -2.04. The van der Waals surface area contributed by atoms with Crippen LogP contribution < -0.4 is 0 Å². The maximum Gasteiger partial charge on any atom is 0.233 e. The Kier molecular flexibility index (Phi) is 4.83. The molecule has 7 heteroatoms. The molecule has 2 rings (SSSR count). The fourth-order valence-corrected chi connectivity index (χ4v) is 2.67. The number of nitriles is 1. The van der Waals surface area contributed by atoms with E-state index in [2.05, 4.69) is 0 Å². The Morgan fingerprint density at radius 1 is 1.57 bits per heavy atom. The fourth-order valence-electron chi connectivity index (χ4n) is 2.67. The maximum atomic E-state index is 13.4. The van der Waals surface area contributed by atoms with E-state index in [1.807, 2.05) is 4.90 Å². The van der Waals surface area contributed by atoms with Gasteiger partial charge in [0.05, 0.1) is 24.6 Å². The van der Waals surface area contributed by atoms with Gasteiger partial charge in [-0.2, -0.15) is 5.26 Å². The minimum Gasteiger partial charge on any atom is -0.383 e. The minimum atomic E-state index is -0.751. The van der Waals surface area contributed by atoms with Crippen LogP contribution in [0.5, 0.6) is 0 Å². The summed E-state index contributed by atoms with van der Waals surface area (Å²) in [6.45, 7) is 1.96. The van der Waals surface area contributed by atoms with Gasteiger partial charge in [-0.3, -0.25) is 15.0 Å². The van der Waals surface area contributed by atoms with Crippen molar-refractivity contribution in [2.45, 2.75) is 12.0 Å². The van der Waals surface area contributed by atoms with Crippen molar-refractivity contribution in [1.29, 1.82) is 5.26 Å². The Morgan fingerprint density at radius 2 is 2.33 bits per heavy atom. The molecule has 0 unspecified atom stereocenters. The predicted molar refractivity (Wildman–Crippen MR) is 73.0 cm³/mol. The molecule has 2 atom stereocenters. The van der Waals surface area contributed by atoms with E-state index in [1.54, 1.807) is 13.2 Å². The van der Waals surface area contributed by atoms with Gasteiger partial charge in [0.1, 0.15) is 11.9 Å². The number of hydrogen-bond donors (Lipinski definition) is 0. The van der Waals surface area contributed by atoms with Crippen molar-refractivity contribution in [1.82, 2.24) is 4.90 Å². The summed E-state index contributed by atoms with van der Waals surface area (Å²) in [7, 11) is 1.58. The van der Waals surface area contributed by atoms with Gasteiger partial charge in [0.15, 0.2) is 0 Å². The highest BCUT2D eigenvalue weighted by atomic mass is 19.1. The number of benzene rings is 1. The van der Waals surface area contributed by atoms with Crippen LogP contribution in [0.25, 0.3) is 0 Å². The second-order valence-electron chi connectivity index (χ2n) is 5.06. The molecule has 0 radical (unpaired) electrons. The molecule has 1 aromatic carbocycles. The first kappa shape index (κ1) is 15.4. The number of nitro groups is 1. The predicted octanol–water partition coefficient (Wildman–Crippen LogP) is 1.39. The average molecular weight is 293 g/mol. The summed E-state index contributed by atoms with van der Waals surface area (Å²) in [6, 6.07) is 5.15. The van der Waals surface area contributed by atoms with Crippen LogP contribution in [0.1, 0.15) is 17.0 Å². The first-order chi connectivity index (χ1) is 10.1. The minimum absolute atomic E-state index is 0.0788. The molecule has 1 aromatic rings. The largest absolute Gasteiger partial charge is 0.383 e. The van der Waals surface area contributed by atoms with Gasteiger partial charge in [0, 0.05) is 25.1 Å². The lowest BCUT2D eigenvalue weighted by molar-refractivity contribution is -0.521. The Bertz CT molecular complexity index is 573. The van der Waals surface area contributed by atoms with Gasteiger partial charge in [-0.1, -0.05) is 6.07 Å². The SMILES string of the molecule is COCCN1C[C@H](c2ccc(F)c(C#N)c2)[C@@H]([N+](=O)[O-])C1. The number of ether oxygens (including phenoxy) is 1. The van der Waals surface area contributed by atoms with E-state index in [-0.39, 0.29) is 16.4 Å². The molecule has 6 nitrogen and oxygen atoms in total. The maximum absolute atomic E-state index is 13.4. The average Bonchev–Trinajstić information content (AvgIpc) is 2.90. The molecule has 1 fully saturated rings. The van der Waals surface area contributed by atoms with Crippen molar-refractivity contribution < 1.29 is 14.1 Å². The summed E-state index contributed by atoms with van der Waals surface area (Å²) in [5, 5.41) is 20.1. The molecule has 0 spiro atoms. The molecule has 0 N–H and O–H groups in total. The fraction of sp³-hybridized carbons (Fsp3) is 0.500. The zero-order valence-corrected chi connectivity index (χ0v) is 11.7. The van der Waals surface area contributed by atoms with Crippen LogP contribution in [0.3, 0.4) is 0 Å². The van der Waals surface area contributed by atoms with E-state index in [0.29, 0.717) is 31.8 Å². The number of likely N-dealkylation sites (tertiary alicyclic amines) is 1. The monoisotopic (exact) mass is 293 g/mol. The van der Waals surface area contributed by atoms with Crippen LogP contribution in [0.15, 0.2) is 18.2 Å². The third-order valence-corrected chi connectivity index (χ3v) is 3.79. The van der Waals surface area contributed by atoms with Crippen molar-refractivity contribution in [2.24, 2.45) is 0 Å². The number of halogens is 1. The Balaban J connectivity index is 2.23. The Labute approximate surface area is 121 Å². The summed E-state index contributed by atoms with van der Waals surface area (Å²) in [6.07, 6.45) is 0. The highest BCUT2D eigenvalue weighted by molar-refractivity contribution is 5.37. The lowest BCUT2D eigenvalue weighted by Gasteiger charge is -2.14.